The van der Waals surface area contributed by atoms with E-state index < -0.39 is 17.9 Å². The third-order valence-corrected chi connectivity index (χ3v) is 3.41. The van der Waals surface area contributed by atoms with Gasteiger partial charge in [-0.05, 0) is 27.7 Å². The van der Waals surface area contributed by atoms with E-state index in [1.54, 1.807) is 13.8 Å². The highest BCUT2D eigenvalue weighted by molar-refractivity contribution is 7.15. The average molecular weight is 298 g/mol. The summed E-state index contributed by atoms with van der Waals surface area (Å²) in [5.74, 6) is -2.49. The van der Waals surface area contributed by atoms with E-state index in [0.717, 1.165) is 10.6 Å². The molecule has 0 aromatic carbocycles. The van der Waals surface area contributed by atoms with Crippen LogP contribution >= 0.6 is 11.3 Å². The zero-order valence-electron chi connectivity index (χ0n) is 12.0. The largest absolute Gasteiger partial charge is 0.465 e. The second-order valence-electron chi connectivity index (χ2n) is 3.90. The standard InChI is InChI=1S/C13H18N2O4S/c1-5-18-11(16)10(12(17)19-6-2)7-14-13-15-8(3)9(4)20-13/h7,10H,5-6H2,1-4H3. The Kier molecular flexibility index (Phi) is 6.30. The zero-order valence-corrected chi connectivity index (χ0v) is 12.8. The highest BCUT2D eigenvalue weighted by atomic mass is 32.1. The van der Waals surface area contributed by atoms with Crippen LogP contribution in [0.25, 0.3) is 0 Å². The van der Waals surface area contributed by atoms with Crippen molar-refractivity contribution in [2.75, 3.05) is 13.2 Å². The monoisotopic (exact) mass is 298 g/mol. The van der Waals surface area contributed by atoms with Crippen molar-refractivity contribution in [2.45, 2.75) is 27.7 Å². The van der Waals surface area contributed by atoms with Crippen LogP contribution < -0.4 is 0 Å². The lowest BCUT2D eigenvalue weighted by molar-refractivity contribution is -0.157. The van der Waals surface area contributed by atoms with Gasteiger partial charge in [0.1, 0.15) is 0 Å². The van der Waals surface area contributed by atoms with Crippen LogP contribution in [0.15, 0.2) is 4.99 Å². The lowest BCUT2D eigenvalue weighted by Crippen LogP contribution is -2.29. The summed E-state index contributed by atoms with van der Waals surface area (Å²) in [4.78, 5) is 32.8. The number of aryl methyl sites for hydroxylation is 2. The molecular weight excluding hydrogens is 280 g/mol. The van der Waals surface area contributed by atoms with Crippen LogP contribution in [0.1, 0.15) is 24.4 Å². The minimum atomic E-state index is -1.15. The van der Waals surface area contributed by atoms with Gasteiger partial charge in [-0.1, -0.05) is 11.3 Å². The molecule has 1 heterocycles. The van der Waals surface area contributed by atoms with E-state index in [1.165, 1.54) is 17.6 Å². The molecule has 0 fully saturated rings. The Morgan fingerprint density at radius 1 is 1.25 bits per heavy atom. The first-order valence-corrected chi connectivity index (χ1v) is 7.12. The van der Waals surface area contributed by atoms with E-state index in [2.05, 4.69) is 9.98 Å². The van der Waals surface area contributed by atoms with Crippen molar-refractivity contribution in [3.05, 3.63) is 10.6 Å². The number of hydrogen-bond acceptors (Lipinski definition) is 7. The number of aliphatic imine (C=N–C) groups is 1. The molecule has 0 aliphatic rings. The van der Waals surface area contributed by atoms with Crippen molar-refractivity contribution in [1.29, 1.82) is 0 Å². The number of carbonyl (C=O) groups excluding carboxylic acids is 2. The third kappa shape index (κ3) is 4.41. The molecule has 0 saturated carbocycles. The van der Waals surface area contributed by atoms with E-state index >= 15 is 0 Å². The molecule has 0 bridgehead atoms. The summed E-state index contributed by atoms with van der Waals surface area (Å²) in [6.45, 7) is 7.53. The molecule has 0 radical (unpaired) electrons. The molecule has 0 aliphatic heterocycles. The van der Waals surface area contributed by atoms with Gasteiger partial charge in [0.2, 0.25) is 5.13 Å². The summed E-state index contributed by atoms with van der Waals surface area (Å²) in [7, 11) is 0. The van der Waals surface area contributed by atoms with Gasteiger partial charge in [-0.25, -0.2) is 9.98 Å². The Balaban J connectivity index is 2.88. The molecule has 20 heavy (non-hydrogen) atoms. The molecule has 0 saturated heterocycles. The van der Waals surface area contributed by atoms with Crippen LogP contribution in [0.4, 0.5) is 5.13 Å². The summed E-state index contributed by atoms with van der Waals surface area (Å²) >= 11 is 1.39. The molecule has 0 atom stereocenters. The normalized spacial score (nSPS) is 11.1. The van der Waals surface area contributed by atoms with Crippen LogP contribution in [0.2, 0.25) is 0 Å². The van der Waals surface area contributed by atoms with Crippen molar-refractivity contribution in [3.8, 4) is 0 Å². The Hall–Kier alpha value is -1.76. The molecule has 110 valence electrons. The lowest BCUT2D eigenvalue weighted by atomic mass is 10.2. The third-order valence-electron chi connectivity index (χ3n) is 2.43. The van der Waals surface area contributed by atoms with Gasteiger partial charge < -0.3 is 9.47 Å². The summed E-state index contributed by atoms with van der Waals surface area (Å²) in [5, 5.41) is 0.499. The Morgan fingerprint density at radius 2 is 1.80 bits per heavy atom. The summed E-state index contributed by atoms with van der Waals surface area (Å²) < 4.78 is 9.68. The van der Waals surface area contributed by atoms with Gasteiger partial charge in [0.15, 0.2) is 5.92 Å². The predicted octanol–water partition coefficient (Wildman–Crippen LogP) is 2.20. The minimum Gasteiger partial charge on any atom is -0.465 e. The van der Waals surface area contributed by atoms with Crippen molar-refractivity contribution in [3.63, 3.8) is 0 Å². The number of thiazole rings is 1. The fourth-order valence-electron chi connectivity index (χ4n) is 1.33. The van der Waals surface area contributed by atoms with Gasteiger partial charge in [0.05, 0.1) is 18.9 Å². The van der Waals surface area contributed by atoms with Crippen molar-refractivity contribution >= 4 is 34.6 Å². The second-order valence-corrected chi connectivity index (χ2v) is 5.08. The van der Waals surface area contributed by atoms with Crippen LogP contribution in [0, 0.1) is 19.8 Å². The molecule has 0 amide bonds. The number of carbonyl (C=O) groups is 2. The fraction of sp³-hybridized carbons (Fsp3) is 0.538. The number of nitrogens with zero attached hydrogens (tertiary/aromatic N) is 2. The van der Waals surface area contributed by atoms with E-state index in [1.807, 2.05) is 13.8 Å². The van der Waals surface area contributed by atoms with Gasteiger partial charge in [-0.15, -0.1) is 0 Å². The average Bonchev–Trinajstić information content (AvgIpc) is 2.69. The van der Waals surface area contributed by atoms with Crippen molar-refractivity contribution in [1.82, 2.24) is 4.98 Å². The molecule has 1 rings (SSSR count). The highest BCUT2D eigenvalue weighted by Gasteiger charge is 2.27. The lowest BCUT2D eigenvalue weighted by Gasteiger charge is -2.09. The van der Waals surface area contributed by atoms with Crippen LogP contribution in [-0.2, 0) is 19.1 Å². The summed E-state index contributed by atoms with van der Waals surface area (Å²) in [6.07, 6.45) is 1.23. The van der Waals surface area contributed by atoms with Gasteiger partial charge >= 0.3 is 11.9 Å². The van der Waals surface area contributed by atoms with Gasteiger partial charge in [-0.3, -0.25) is 9.59 Å². The highest BCUT2D eigenvalue weighted by Crippen LogP contribution is 2.23. The number of ether oxygens (including phenoxy) is 2. The van der Waals surface area contributed by atoms with Crippen molar-refractivity contribution in [2.24, 2.45) is 10.9 Å². The fourth-order valence-corrected chi connectivity index (χ4v) is 2.09. The van der Waals surface area contributed by atoms with Gasteiger partial charge in [-0.2, -0.15) is 0 Å². The van der Waals surface area contributed by atoms with Crippen LogP contribution in [0.5, 0.6) is 0 Å². The molecule has 7 heteroatoms. The maximum Gasteiger partial charge on any atom is 0.325 e. The number of rotatable bonds is 6. The Bertz CT molecular complexity index is 473. The van der Waals surface area contributed by atoms with E-state index in [-0.39, 0.29) is 13.2 Å². The first-order valence-electron chi connectivity index (χ1n) is 6.31. The van der Waals surface area contributed by atoms with Gasteiger partial charge in [0, 0.05) is 11.1 Å². The van der Waals surface area contributed by atoms with Crippen molar-refractivity contribution < 1.29 is 19.1 Å². The topological polar surface area (TPSA) is 77.9 Å². The Morgan fingerprint density at radius 3 is 2.20 bits per heavy atom. The zero-order chi connectivity index (χ0) is 15.1. The molecule has 6 nitrogen and oxygen atoms in total. The predicted molar refractivity (Wildman–Crippen MR) is 76.5 cm³/mol. The van der Waals surface area contributed by atoms with E-state index in [4.69, 9.17) is 9.47 Å². The van der Waals surface area contributed by atoms with Crippen LogP contribution in [0.3, 0.4) is 0 Å². The van der Waals surface area contributed by atoms with Crippen LogP contribution in [-0.4, -0.2) is 36.4 Å². The summed E-state index contributed by atoms with van der Waals surface area (Å²) in [5.41, 5.74) is 0.881. The molecular formula is C13H18N2O4S. The maximum absolute atomic E-state index is 11.7. The molecule has 1 aromatic heterocycles. The SMILES string of the molecule is CCOC(=O)C(C=Nc1nc(C)c(C)s1)C(=O)OCC. The maximum atomic E-state index is 11.7. The molecule has 0 spiro atoms. The van der Waals surface area contributed by atoms with Gasteiger partial charge in [0.25, 0.3) is 0 Å². The Labute approximate surface area is 121 Å². The molecule has 0 unspecified atom stereocenters. The van der Waals surface area contributed by atoms with E-state index in [9.17, 15) is 9.59 Å². The quantitative estimate of drug-likeness (QED) is 0.457. The smallest absolute Gasteiger partial charge is 0.325 e. The van der Waals surface area contributed by atoms with E-state index in [0.29, 0.717) is 5.13 Å². The second kappa shape index (κ2) is 7.74. The summed E-state index contributed by atoms with van der Waals surface area (Å²) in [6, 6.07) is 0. The number of hydrogen-bond donors (Lipinski definition) is 0. The minimum absolute atomic E-state index is 0.193. The number of esters is 2. The molecule has 1 aromatic rings. The molecule has 0 N–H and O–H groups in total. The first-order chi connectivity index (χ1) is 9.49. The molecule has 0 aliphatic carbocycles. The first kappa shape index (κ1) is 16.3. The number of aromatic nitrogens is 1.